The number of fused-ring (bicyclic) bond motifs is 2. The van der Waals surface area contributed by atoms with Crippen molar-refractivity contribution in [2.24, 2.45) is 5.92 Å². The van der Waals surface area contributed by atoms with E-state index < -0.39 is 24.0 Å². The van der Waals surface area contributed by atoms with E-state index in [9.17, 15) is 30.3 Å². The predicted molar refractivity (Wildman–Crippen MR) is 245 cm³/mol. The third kappa shape index (κ3) is 10.2. The lowest BCUT2D eigenvalue weighted by atomic mass is 9.69. The number of Topliss-reactive ketones (excluding diaryl/α,β-unsaturated/α-hetero) is 1. The van der Waals surface area contributed by atoms with Gasteiger partial charge < -0.3 is 45.3 Å². The lowest BCUT2D eigenvalue weighted by molar-refractivity contribution is -0.123. The molecule has 1 aromatic heterocycles. The molecule has 0 unspecified atom stereocenters. The van der Waals surface area contributed by atoms with Crippen molar-refractivity contribution in [2.45, 2.75) is 76.0 Å². The minimum atomic E-state index is -1.13. The molecule has 0 spiro atoms. The number of carbonyl (C=O) groups is 1. The molecule has 330 valence electrons. The normalized spacial score (nSPS) is 16.6. The molecule has 6 atom stereocenters. The summed E-state index contributed by atoms with van der Waals surface area (Å²) in [4.78, 5) is 19.2. The summed E-state index contributed by atoms with van der Waals surface area (Å²) in [5.41, 5.74) is 7.03. The number of aromatic nitrogens is 1. The number of hydrogen-bond acceptors (Lipinski definition) is 10. The van der Waals surface area contributed by atoms with Crippen molar-refractivity contribution in [2.75, 3.05) is 27.4 Å². The summed E-state index contributed by atoms with van der Waals surface area (Å²) < 4.78 is 11.8. The van der Waals surface area contributed by atoms with Crippen molar-refractivity contribution < 1.29 is 39.8 Å². The molecule has 11 nitrogen and oxygen atoms in total. The topological polar surface area (TPSA) is 175 Å². The summed E-state index contributed by atoms with van der Waals surface area (Å²) in [6.45, 7) is 4.60. The van der Waals surface area contributed by atoms with E-state index in [0.717, 1.165) is 45.0 Å². The Bertz CT molecular complexity index is 2530. The number of benzene rings is 5. The molecule has 1 aliphatic carbocycles. The maximum Gasteiger partial charge on any atom is 0.164 e. The van der Waals surface area contributed by atoms with Gasteiger partial charge in [-0.3, -0.25) is 10.1 Å². The average Bonchev–Trinajstić information content (AvgIpc) is 3.79. The molecule has 0 bridgehead atoms. The van der Waals surface area contributed by atoms with Crippen molar-refractivity contribution in [3.63, 3.8) is 0 Å². The quantitative estimate of drug-likeness (QED) is 0.0230. The third-order valence-electron chi connectivity index (χ3n) is 12.2. The summed E-state index contributed by atoms with van der Waals surface area (Å²) in [6, 6.07) is 28.2. The van der Waals surface area contributed by atoms with Gasteiger partial charge in [0, 0.05) is 42.8 Å². The van der Waals surface area contributed by atoms with E-state index in [0.29, 0.717) is 36.4 Å². The second-order valence-electron chi connectivity index (χ2n) is 16.6. The molecular formula is C52H58N3O8-. The highest BCUT2D eigenvalue weighted by atomic mass is 16.5. The first-order valence-electron chi connectivity index (χ1n) is 21.6. The monoisotopic (exact) mass is 852 g/mol. The molecule has 7 N–H and O–H groups in total. The summed E-state index contributed by atoms with van der Waals surface area (Å²) in [7, 11) is 3.37. The van der Waals surface area contributed by atoms with Gasteiger partial charge in [-0.1, -0.05) is 85.3 Å². The van der Waals surface area contributed by atoms with Crippen LogP contribution in [0.2, 0.25) is 0 Å². The van der Waals surface area contributed by atoms with Gasteiger partial charge in [0.2, 0.25) is 0 Å². The van der Waals surface area contributed by atoms with Crippen molar-refractivity contribution in [1.29, 1.82) is 0 Å². The van der Waals surface area contributed by atoms with Crippen LogP contribution in [0, 0.1) is 5.92 Å². The van der Waals surface area contributed by atoms with Crippen molar-refractivity contribution >= 4 is 16.6 Å². The standard InChI is InChI=1S/C52H58N3O8/c1-5-35-11-12-36-8-6-7-9-39(36)50(35)42-14-13-40(41-15-17-46(59)52(62-4)51(41)42)44(23-33-18-19-54-29-33)48(61)26-47(60)43(37-20-34(28-53-3)21-38(57)25-37)22-32-10-16-45(58)49(24-32)63-30-55-27-31(2)56/h6-21,24-25,29,31,40,42-44,48,53,55-59,61H,5,22-23,26-28,30H2,1-4H3/q-1/t31-,40+,42+,43+,44-,48+/m0/s1. The van der Waals surface area contributed by atoms with Gasteiger partial charge >= 0.3 is 0 Å². The summed E-state index contributed by atoms with van der Waals surface area (Å²) >= 11 is 0. The zero-order valence-electron chi connectivity index (χ0n) is 36.3. The number of aryl methyl sites for hydroxylation is 1. The number of nitrogens with one attached hydrogen (secondary N) is 2. The molecule has 1 heterocycles. The predicted octanol–water partition coefficient (Wildman–Crippen LogP) is 7.50. The number of ketones is 1. The molecule has 0 fully saturated rings. The molecule has 7 rings (SSSR count). The minimum absolute atomic E-state index is 0.0183. The molecular weight excluding hydrogens is 795 g/mol. The SMILES string of the molecule is CCc1ccc2ccccc2c1[C@H]1C=C[C@@H]([C@H](Cc2cc[n-]c2)[C@H](O)CC(=O)[C@H](Cc2ccc(O)c(OCNC[C@H](C)O)c2)c2cc(O)cc(CNC)c2)c2ccc(O)c(OC)c21. The molecule has 63 heavy (non-hydrogen) atoms. The van der Waals surface area contributed by atoms with E-state index in [1.165, 1.54) is 11.6 Å². The highest BCUT2D eigenvalue weighted by Gasteiger charge is 2.38. The van der Waals surface area contributed by atoms with Crippen LogP contribution in [0.4, 0.5) is 0 Å². The fourth-order valence-corrected chi connectivity index (χ4v) is 9.26. The van der Waals surface area contributed by atoms with Crippen LogP contribution < -0.4 is 25.1 Å². The van der Waals surface area contributed by atoms with Crippen LogP contribution >= 0.6 is 0 Å². The van der Waals surface area contributed by atoms with E-state index in [-0.39, 0.29) is 60.2 Å². The summed E-state index contributed by atoms with van der Waals surface area (Å²) in [5, 5.41) is 63.3. The number of methoxy groups -OCH3 is 1. The molecule has 0 saturated carbocycles. The maximum atomic E-state index is 14.9. The molecule has 1 aliphatic rings. The van der Waals surface area contributed by atoms with Crippen LogP contribution in [0.25, 0.3) is 10.8 Å². The maximum absolute atomic E-state index is 14.9. The van der Waals surface area contributed by atoms with Crippen molar-refractivity contribution in [1.82, 2.24) is 15.6 Å². The number of phenolic OH excluding ortho intramolecular Hbond substituents is 3. The third-order valence-corrected chi connectivity index (χ3v) is 12.2. The molecule has 0 aliphatic heterocycles. The number of aliphatic hydroxyl groups is 2. The minimum Gasteiger partial charge on any atom is -0.670 e. The van der Waals surface area contributed by atoms with Crippen LogP contribution in [0.1, 0.15) is 82.5 Å². The number of hydrogen-bond donors (Lipinski definition) is 7. The Labute approximate surface area is 369 Å². The van der Waals surface area contributed by atoms with E-state index in [2.05, 4.69) is 59.0 Å². The number of aromatic hydroxyl groups is 3. The van der Waals surface area contributed by atoms with Gasteiger partial charge in [0.15, 0.2) is 23.0 Å². The lowest BCUT2D eigenvalue weighted by Crippen LogP contribution is -2.33. The Morgan fingerprint density at radius 3 is 2.41 bits per heavy atom. The Hall–Kier alpha value is -6.11. The number of ether oxygens (including phenoxy) is 2. The number of allylic oxidation sites excluding steroid dienone is 2. The zero-order valence-corrected chi connectivity index (χ0v) is 36.3. The Balaban J connectivity index is 1.27. The zero-order chi connectivity index (χ0) is 44.6. The lowest BCUT2D eigenvalue weighted by Gasteiger charge is -2.36. The van der Waals surface area contributed by atoms with E-state index >= 15 is 0 Å². The molecule has 0 radical (unpaired) electrons. The van der Waals surface area contributed by atoms with Crippen LogP contribution in [0.3, 0.4) is 0 Å². The molecule has 11 heteroatoms. The summed E-state index contributed by atoms with van der Waals surface area (Å²) in [5.74, 6) is -1.63. The molecule has 0 amide bonds. The van der Waals surface area contributed by atoms with Crippen molar-refractivity contribution in [3.05, 3.63) is 160 Å². The van der Waals surface area contributed by atoms with Crippen LogP contribution in [0.15, 0.2) is 116 Å². The van der Waals surface area contributed by atoms with Gasteiger partial charge in [-0.2, -0.15) is 12.4 Å². The average molecular weight is 853 g/mol. The van der Waals surface area contributed by atoms with Gasteiger partial charge in [0.1, 0.15) is 18.3 Å². The van der Waals surface area contributed by atoms with Crippen LogP contribution in [0.5, 0.6) is 28.7 Å². The van der Waals surface area contributed by atoms with E-state index in [4.69, 9.17) is 9.47 Å². The molecule has 0 saturated heterocycles. The number of phenols is 3. The molecule has 5 aromatic carbocycles. The van der Waals surface area contributed by atoms with Crippen molar-refractivity contribution in [3.8, 4) is 28.7 Å². The smallest absolute Gasteiger partial charge is 0.164 e. The Morgan fingerprint density at radius 2 is 1.67 bits per heavy atom. The first-order chi connectivity index (χ1) is 30.5. The van der Waals surface area contributed by atoms with Crippen LogP contribution in [-0.2, 0) is 30.6 Å². The number of rotatable bonds is 20. The molecule has 6 aromatic rings. The fourth-order valence-electron chi connectivity index (χ4n) is 9.26. The first kappa shape index (κ1) is 44.9. The van der Waals surface area contributed by atoms with Gasteiger partial charge in [0.05, 0.1) is 19.3 Å². The largest absolute Gasteiger partial charge is 0.670 e. The van der Waals surface area contributed by atoms with E-state index in [1.807, 2.05) is 30.3 Å². The van der Waals surface area contributed by atoms with Gasteiger partial charge in [-0.05, 0) is 114 Å². The van der Waals surface area contributed by atoms with Gasteiger partial charge in [-0.15, -0.1) is 0 Å². The van der Waals surface area contributed by atoms with Gasteiger partial charge in [0.25, 0.3) is 0 Å². The number of aliphatic hydroxyl groups excluding tert-OH is 2. The van der Waals surface area contributed by atoms with Crippen LogP contribution in [-0.4, -0.2) is 71.0 Å². The Kier molecular flexibility index (Phi) is 14.5. The van der Waals surface area contributed by atoms with E-state index in [1.54, 1.807) is 63.8 Å². The fraction of sp³-hybridized carbons (Fsp3) is 0.327. The highest BCUT2D eigenvalue weighted by Crippen LogP contribution is 2.51. The second-order valence-corrected chi connectivity index (χ2v) is 16.6. The second kappa shape index (κ2) is 20.4. The van der Waals surface area contributed by atoms with Gasteiger partial charge in [-0.25, -0.2) is 0 Å². The Morgan fingerprint density at radius 1 is 0.857 bits per heavy atom. The number of carbonyl (C=O) groups excluding carboxylic acids is 1. The highest BCUT2D eigenvalue weighted by molar-refractivity contribution is 5.89. The first-order valence-corrected chi connectivity index (χ1v) is 21.6. The number of nitrogens with zero attached hydrogens (tertiary/aromatic N) is 1. The summed E-state index contributed by atoms with van der Waals surface area (Å²) in [6.07, 6.45) is 7.29.